The van der Waals surface area contributed by atoms with Crippen molar-refractivity contribution in [3.63, 3.8) is 0 Å². The van der Waals surface area contributed by atoms with E-state index in [0.717, 1.165) is 6.07 Å². The number of rotatable bonds is 5. The van der Waals surface area contributed by atoms with Crippen LogP contribution in [0.3, 0.4) is 0 Å². The number of carbonyl (C=O) groups is 1. The molecule has 5 rings (SSSR count). The summed E-state index contributed by atoms with van der Waals surface area (Å²) in [6, 6.07) is 9.65. The Hall–Kier alpha value is -3.93. The van der Waals surface area contributed by atoms with Gasteiger partial charge in [0.1, 0.15) is 11.8 Å². The van der Waals surface area contributed by atoms with Gasteiger partial charge in [0.2, 0.25) is 11.7 Å². The van der Waals surface area contributed by atoms with Gasteiger partial charge in [-0.25, -0.2) is 0 Å². The Morgan fingerprint density at radius 2 is 1.91 bits per heavy atom. The van der Waals surface area contributed by atoms with Gasteiger partial charge in [0.15, 0.2) is 0 Å². The van der Waals surface area contributed by atoms with E-state index < -0.39 is 18.2 Å². The summed E-state index contributed by atoms with van der Waals surface area (Å²) in [7, 11) is 0. The fraction of sp³-hybridized carbons (Fsp3) is 0.190. The van der Waals surface area contributed by atoms with Gasteiger partial charge in [-0.05, 0) is 36.8 Å². The van der Waals surface area contributed by atoms with Gasteiger partial charge in [0, 0.05) is 11.6 Å². The minimum atomic E-state index is -4.88. The molecule has 1 aliphatic heterocycles. The van der Waals surface area contributed by atoms with Crippen LogP contribution in [0.1, 0.15) is 28.7 Å². The summed E-state index contributed by atoms with van der Waals surface area (Å²) >= 11 is 6.10. The molecule has 34 heavy (non-hydrogen) atoms. The molecule has 0 saturated carbocycles. The molecule has 2 aromatic carbocycles. The van der Waals surface area contributed by atoms with Gasteiger partial charge in [-0.15, -0.1) is 13.2 Å². The van der Waals surface area contributed by atoms with Crippen LogP contribution >= 0.6 is 11.6 Å². The molecule has 13 heteroatoms. The third-order valence-corrected chi connectivity index (χ3v) is 5.42. The van der Waals surface area contributed by atoms with E-state index in [2.05, 4.69) is 25.1 Å². The smallest absolute Gasteiger partial charge is 0.405 e. The first-order valence-electron chi connectivity index (χ1n) is 9.96. The molecule has 2 aromatic heterocycles. The average Bonchev–Trinajstić information content (AvgIpc) is 3.45. The van der Waals surface area contributed by atoms with Crippen molar-refractivity contribution in [1.29, 1.82) is 0 Å². The highest BCUT2D eigenvalue weighted by molar-refractivity contribution is 6.31. The van der Waals surface area contributed by atoms with Gasteiger partial charge in [-0.1, -0.05) is 28.9 Å². The van der Waals surface area contributed by atoms with Gasteiger partial charge in [-0.3, -0.25) is 4.79 Å². The Kier molecular flexibility index (Phi) is 5.44. The SMILES string of the molecule is O=C(c1ccc(Cl)cc1-n1nccn1)N1CC[C@H]1c1nc(-c2ccccc2OC(F)(F)F)no1. The van der Waals surface area contributed by atoms with Crippen molar-refractivity contribution in [3.8, 4) is 22.8 Å². The number of para-hydroxylation sites is 1. The Morgan fingerprint density at radius 1 is 1.15 bits per heavy atom. The molecule has 0 spiro atoms. The van der Waals surface area contributed by atoms with Crippen LogP contribution in [-0.2, 0) is 0 Å². The number of likely N-dealkylation sites (tertiary alicyclic amines) is 1. The van der Waals surface area contributed by atoms with E-state index in [0.29, 0.717) is 29.2 Å². The summed E-state index contributed by atoms with van der Waals surface area (Å²) in [6.45, 7) is 0.420. The molecule has 0 unspecified atom stereocenters. The molecular weight excluding hydrogens is 477 g/mol. The van der Waals surface area contributed by atoms with E-state index >= 15 is 0 Å². The van der Waals surface area contributed by atoms with Crippen LogP contribution < -0.4 is 4.74 Å². The summed E-state index contributed by atoms with van der Waals surface area (Å²) in [5, 5.41) is 12.3. The standard InChI is InChI=1S/C21H14ClF3N6O3/c22-12-5-6-13(16(11-12)31-26-8-9-27-31)20(32)30-10-7-15(30)19-28-18(29-34-19)14-3-1-2-4-17(14)33-21(23,24)25/h1-6,8-9,11,15H,7,10H2/t15-/m0/s1. The molecule has 1 atom stereocenters. The summed E-state index contributed by atoms with van der Waals surface area (Å²) in [4.78, 5) is 20.3. The summed E-state index contributed by atoms with van der Waals surface area (Å²) in [5.41, 5.74) is 0.725. The van der Waals surface area contributed by atoms with E-state index in [1.165, 1.54) is 40.3 Å². The van der Waals surface area contributed by atoms with Gasteiger partial charge < -0.3 is 14.2 Å². The number of benzene rings is 2. The van der Waals surface area contributed by atoms with Gasteiger partial charge in [0.05, 0.1) is 29.2 Å². The highest BCUT2D eigenvalue weighted by Gasteiger charge is 2.39. The van der Waals surface area contributed by atoms with Gasteiger partial charge >= 0.3 is 6.36 Å². The molecular formula is C21H14ClF3N6O3. The Morgan fingerprint density at radius 3 is 2.62 bits per heavy atom. The molecule has 9 nitrogen and oxygen atoms in total. The van der Waals surface area contributed by atoms with Crippen LogP contribution in [-0.4, -0.2) is 48.8 Å². The lowest BCUT2D eigenvalue weighted by Crippen LogP contribution is -2.45. The van der Waals surface area contributed by atoms with Crippen LogP contribution in [0.5, 0.6) is 5.75 Å². The number of alkyl halides is 3. The highest BCUT2D eigenvalue weighted by atomic mass is 35.5. The first kappa shape index (κ1) is 21.9. The molecule has 1 aliphatic rings. The van der Waals surface area contributed by atoms with E-state index in [1.807, 2.05) is 0 Å². The molecule has 1 amide bonds. The van der Waals surface area contributed by atoms with E-state index in [-0.39, 0.29) is 23.2 Å². The third kappa shape index (κ3) is 4.19. The Balaban J connectivity index is 1.41. The minimum absolute atomic E-state index is 0.0109. The fourth-order valence-electron chi connectivity index (χ4n) is 3.58. The summed E-state index contributed by atoms with van der Waals surface area (Å²) in [6.07, 6.45) is -1.39. The minimum Gasteiger partial charge on any atom is -0.405 e. The van der Waals surface area contributed by atoms with Crippen LogP contribution in [0.4, 0.5) is 13.2 Å². The Bertz CT molecular complexity index is 1340. The largest absolute Gasteiger partial charge is 0.573 e. The Labute approximate surface area is 194 Å². The number of halogens is 4. The second kappa shape index (κ2) is 8.45. The molecule has 0 N–H and O–H groups in total. The van der Waals surface area contributed by atoms with Crippen molar-refractivity contribution in [2.75, 3.05) is 6.54 Å². The van der Waals surface area contributed by atoms with Crippen LogP contribution in [0, 0.1) is 0 Å². The number of carbonyl (C=O) groups excluding carboxylic acids is 1. The maximum Gasteiger partial charge on any atom is 0.573 e. The molecule has 4 aromatic rings. The van der Waals surface area contributed by atoms with Crippen LogP contribution in [0.25, 0.3) is 17.1 Å². The number of nitrogens with zero attached hydrogens (tertiary/aromatic N) is 6. The fourth-order valence-corrected chi connectivity index (χ4v) is 3.74. The zero-order chi connectivity index (χ0) is 23.9. The third-order valence-electron chi connectivity index (χ3n) is 5.19. The van der Waals surface area contributed by atoms with Crippen molar-refractivity contribution < 1.29 is 27.2 Å². The first-order chi connectivity index (χ1) is 16.3. The summed E-state index contributed by atoms with van der Waals surface area (Å²) in [5.74, 6) is -0.770. The zero-order valence-corrected chi connectivity index (χ0v) is 17.9. The number of aromatic nitrogens is 5. The van der Waals surface area contributed by atoms with E-state index in [4.69, 9.17) is 16.1 Å². The molecule has 0 aliphatic carbocycles. The quantitative estimate of drug-likeness (QED) is 0.407. The van der Waals surface area contributed by atoms with Crippen molar-refractivity contribution in [3.05, 3.63) is 71.3 Å². The lowest BCUT2D eigenvalue weighted by Gasteiger charge is -2.38. The normalized spacial score (nSPS) is 15.8. The maximum atomic E-state index is 13.3. The molecule has 0 bridgehead atoms. The van der Waals surface area contributed by atoms with Gasteiger partial charge in [0.25, 0.3) is 5.91 Å². The topological polar surface area (TPSA) is 99.2 Å². The van der Waals surface area contributed by atoms with Crippen molar-refractivity contribution in [2.45, 2.75) is 18.8 Å². The first-order valence-corrected chi connectivity index (χ1v) is 10.3. The molecule has 0 radical (unpaired) electrons. The lowest BCUT2D eigenvalue weighted by molar-refractivity contribution is -0.274. The predicted octanol–water partition coefficient (Wildman–Crippen LogP) is 4.46. The van der Waals surface area contributed by atoms with E-state index in [1.54, 1.807) is 18.2 Å². The molecule has 174 valence electrons. The van der Waals surface area contributed by atoms with Crippen LogP contribution in [0.15, 0.2) is 59.4 Å². The van der Waals surface area contributed by atoms with Crippen molar-refractivity contribution in [2.24, 2.45) is 0 Å². The monoisotopic (exact) mass is 490 g/mol. The highest BCUT2D eigenvalue weighted by Crippen LogP contribution is 2.37. The van der Waals surface area contributed by atoms with E-state index in [9.17, 15) is 18.0 Å². The number of hydrogen-bond acceptors (Lipinski definition) is 7. The van der Waals surface area contributed by atoms with Crippen molar-refractivity contribution in [1.82, 2.24) is 30.0 Å². The lowest BCUT2D eigenvalue weighted by atomic mass is 10.0. The second-order valence-electron chi connectivity index (χ2n) is 7.28. The number of amides is 1. The van der Waals surface area contributed by atoms with Gasteiger partial charge in [-0.2, -0.15) is 20.0 Å². The summed E-state index contributed by atoms with van der Waals surface area (Å²) < 4.78 is 47.6. The molecule has 1 saturated heterocycles. The number of ether oxygens (including phenoxy) is 1. The molecule has 3 heterocycles. The molecule has 1 fully saturated rings. The number of hydrogen-bond donors (Lipinski definition) is 0. The van der Waals surface area contributed by atoms with Crippen LogP contribution in [0.2, 0.25) is 5.02 Å². The predicted molar refractivity (Wildman–Crippen MR) is 111 cm³/mol. The average molecular weight is 491 g/mol. The zero-order valence-electron chi connectivity index (χ0n) is 17.1. The van der Waals surface area contributed by atoms with Crippen molar-refractivity contribution >= 4 is 17.5 Å². The second-order valence-corrected chi connectivity index (χ2v) is 7.72. The maximum absolute atomic E-state index is 13.3.